The van der Waals surface area contributed by atoms with Gasteiger partial charge in [0.1, 0.15) is 17.0 Å². The molecule has 0 aromatic carbocycles. The van der Waals surface area contributed by atoms with Crippen molar-refractivity contribution in [3.63, 3.8) is 0 Å². The first-order chi connectivity index (χ1) is 12.0. The van der Waals surface area contributed by atoms with Crippen LogP contribution in [0.15, 0.2) is 12.4 Å². The van der Waals surface area contributed by atoms with Crippen LogP contribution in [-0.4, -0.2) is 45.4 Å². The molecule has 0 spiro atoms. The number of anilines is 1. The molecule has 1 aliphatic heterocycles. The summed E-state index contributed by atoms with van der Waals surface area (Å²) in [5.41, 5.74) is 3.03. The Morgan fingerprint density at radius 2 is 2.20 bits per heavy atom. The molecule has 3 aromatic heterocycles. The average Bonchev–Trinajstić information content (AvgIpc) is 2.94. The summed E-state index contributed by atoms with van der Waals surface area (Å²) >= 11 is 1.63. The van der Waals surface area contributed by atoms with Gasteiger partial charge in [0.15, 0.2) is 0 Å². The molecule has 7 heteroatoms. The molecule has 0 fully saturated rings. The van der Waals surface area contributed by atoms with Crippen molar-refractivity contribution in [2.75, 3.05) is 24.6 Å². The predicted molar refractivity (Wildman–Crippen MR) is 100 cm³/mol. The van der Waals surface area contributed by atoms with Crippen LogP contribution in [0.25, 0.3) is 20.4 Å². The molecule has 0 saturated heterocycles. The number of likely N-dealkylation sites (N-methyl/N-ethyl adjacent to an activating group) is 1. The number of aromatic nitrogens is 3. The van der Waals surface area contributed by atoms with Gasteiger partial charge in [0.2, 0.25) is 0 Å². The normalized spacial score (nSPS) is 16.3. The van der Waals surface area contributed by atoms with E-state index in [1.54, 1.807) is 17.7 Å². The van der Waals surface area contributed by atoms with E-state index in [0.717, 1.165) is 50.5 Å². The molecule has 0 unspecified atom stereocenters. The minimum absolute atomic E-state index is 0.100. The number of hydrogen-bond acceptors (Lipinski definition) is 7. The number of fused-ring (bicyclic) bond motifs is 4. The van der Waals surface area contributed by atoms with E-state index in [1.165, 1.54) is 0 Å². The maximum Gasteiger partial charge on any atom is 0.150 e. The summed E-state index contributed by atoms with van der Waals surface area (Å²) in [6.45, 7) is 8.30. The number of pyridine rings is 1. The molecular weight excluding hydrogens is 336 g/mol. The van der Waals surface area contributed by atoms with Gasteiger partial charge in [-0.25, -0.2) is 15.0 Å². The highest BCUT2D eigenvalue weighted by atomic mass is 32.1. The van der Waals surface area contributed by atoms with Crippen LogP contribution in [0.4, 0.5) is 5.82 Å². The van der Waals surface area contributed by atoms with Crippen LogP contribution in [0.3, 0.4) is 0 Å². The second kappa shape index (κ2) is 6.16. The van der Waals surface area contributed by atoms with Crippen molar-refractivity contribution < 1.29 is 9.84 Å². The van der Waals surface area contributed by atoms with Crippen molar-refractivity contribution in [2.24, 2.45) is 0 Å². The Bertz CT molecular complexity index is 938. The van der Waals surface area contributed by atoms with E-state index in [2.05, 4.69) is 41.7 Å². The lowest BCUT2D eigenvalue weighted by atomic mass is 9.95. The van der Waals surface area contributed by atoms with Crippen LogP contribution >= 0.6 is 11.3 Å². The summed E-state index contributed by atoms with van der Waals surface area (Å²) in [4.78, 5) is 17.0. The van der Waals surface area contributed by atoms with Gasteiger partial charge in [-0.05, 0) is 26.8 Å². The third-order valence-electron chi connectivity index (χ3n) is 4.66. The van der Waals surface area contributed by atoms with Gasteiger partial charge in [0.25, 0.3) is 0 Å². The zero-order valence-electron chi connectivity index (χ0n) is 14.7. The fourth-order valence-corrected chi connectivity index (χ4v) is 4.48. The summed E-state index contributed by atoms with van der Waals surface area (Å²) in [5.74, 6) is 0.874. The largest absolute Gasteiger partial charge is 0.395 e. The van der Waals surface area contributed by atoms with Gasteiger partial charge in [-0.1, -0.05) is 0 Å². The summed E-state index contributed by atoms with van der Waals surface area (Å²) < 4.78 is 6.97. The molecule has 0 amide bonds. The first kappa shape index (κ1) is 16.6. The van der Waals surface area contributed by atoms with Crippen LogP contribution in [-0.2, 0) is 17.8 Å². The van der Waals surface area contributed by atoms with Crippen molar-refractivity contribution in [3.05, 3.63) is 23.7 Å². The number of hydrogen-bond donors (Lipinski definition) is 1. The van der Waals surface area contributed by atoms with E-state index >= 15 is 0 Å². The zero-order valence-corrected chi connectivity index (χ0v) is 15.6. The van der Waals surface area contributed by atoms with Gasteiger partial charge in [0.05, 0.1) is 34.7 Å². The van der Waals surface area contributed by atoms with Crippen molar-refractivity contribution in [3.8, 4) is 0 Å². The van der Waals surface area contributed by atoms with E-state index in [1.807, 2.05) is 0 Å². The monoisotopic (exact) mass is 358 g/mol. The Morgan fingerprint density at radius 1 is 1.36 bits per heavy atom. The Balaban J connectivity index is 1.90. The molecule has 0 radical (unpaired) electrons. The number of ether oxygens (including phenoxy) is 1. The SMILES string of the molecule is CCN(CCO)c1ncnc2c1sc1nc3c(cc12)COC(C)(C)C3. The lowest BCUT2D eigenvalue weighted by molar-refractivity contribution is -0.0411. The Morgan fingerprint density at radius 3 is 2.96 bits per heavy atom. The number of thiophene rings is 1. The highest BCUT2D eigenvalue weighted by molar-refractivity contribution is 7.25. The molecule has 25 heavy (non-hydrogen) atoms. The molecular formula is C18H22N4O2S. The van der Waals surface area contributed by atoms with E-state index in [4.69, 9.17) is 9.72 Å². The maximum absolute atomic E-state index is 9.33. The summed E-state index contributed by atoms with van der Waals surface area (Å²) in [5, 5.41) is 10.4. The molecule has 1 N–H and O–H groups in total. The number of nitrogens with zero attached hydrogens (tertiary/aromatic N) is 4. The van der Waals surface area contributed by atoms with Crippen molar-refractivity contribution in [1.29, 1.82) is 0 Å². The molecule has 4 rings (SSSR count). The summed E-state index contributed by atoms with van der Waals surface area (Å²) in [6, 6.07) is 2.17. The molecule has 4 heterocycles. The Kier molecular flexibility index (Phi) is 4.10. The third-order valence-corrected chi connectivity index (χ3v) is 5.74. The molecule has 0 atom stereocenters. The second-order valence-electron chi connectivity index (χ2n) is 6.95. The molecule has 0 saturated carbocycles. The number of rotatable bonds is 4. The minimum Gasteiger partial charge on any atom is -0.395 e. The van der Waals surface area contributed by atoms with E-state index < -0.39 is 0 Å². The van der Waals surface area contributed by atoms with Crippen molar-refractivity contribution >= 4 is 37.6 Å². The van der Waals surface area contributed by atoms with E-state index in [9.17, 15) is 5.11 Å². The molecule has 0 aliphatic carbocycles. The van der Waals surface area contributed by atoms with Gasteiger partial charge < -0.3 is 14.7 Å². The lowest BCUT2D eigenvalue weighted by Crippen LogP contribution is -2.32. The predicted octanol–water partition coefficient (Wildman–Crippen LogP) is 2.91. The first-order valence-corrected chi connectivity index (χ1v) is 9.40. The van der Waals surface area contributed by atoms with E-state index in [-0.39, 0.29) is 12.2 Å². The van der Waals surface area contributed by atoms with Gasteiger partial charge in [-0.15, -0.1) is 11.3 Å². The fraction of sp³-hybridized carbons (Fsp3) is 0.500. The van der Waals surface area contributed by atoms with Crippen LogP contribution in [0.2, 0.25) is 0 Å². The van der Waals surface area contributed by atoms with Gasteiger partial charge in [0, 0.05) is 30.5 Å². The van der Waals surface area contributed by atoms with Crippen LogP contribution in [0, 0.1) is 0 Å². The molecule has 6 nitrogen and oxygen atoms in total. The highest BCUT2D eigenvalue weighted by Crippen LogP contribution is 2.38. The second-order valence-corrected chi connectivity index (χ2v) is 7.95. The van der Waals surface area contributed by atoms with Crippen LogP contribution < -0.4 is 4.90 Å². The summed E-state index contributed by atoms with van der Waals surface area (Å²) in [6.07, 6.45) is 2.42. The van der Waals surface area contributed by atoms with E-state index in [0.29, 0.717) is 13.2 Å². The fourth-order valence-electron chi connectivity index (χ4n) is 3.33. The molecule has 3 aromatic rings. The number of aliphatic hydroxyl groups is 1. The Hall–Kier alpha value is -1.83. The lowest BCUT2D eigenvalue weighted by Gasteiger charge is -2.30. The summed E-state index contributed by atoms with van der Waals surface area (Å²) in [7, 11) is 0. The number of aliphatic hydroxyl groups excluding tert-OH is 1. The standard InChI is InChI=1S/C18H22N4O2S/c1-4-22(5-6-23)16-15-14(19-10-20-16)12-7-11-9-24-18(2,3)8-13(11)21-17(12)25-15/h7,10,23H,4-6,8-9H2,1-3H3. The van der Waals surface area contributed by atoms with Gasteiger partial charge in [-0.2, -0.15) is 0 Å². The quantitative estimate of drug-likeness (QED) is 0.773. The van der Waals surface area contributed by atoms with Crippen molar-refractivity contribution in [2.45, 2.75) is 39.4 Å². The first-order valence-electron chi connectivity index (χ1n) is 8.58. The van der Waals surface area contributed by atoms with Crippen LogP contribution in [0.5, 0.6) is 0 Å². The van der Waals surface area contributed by atoms with Gasteiger partial charge >= 0.3 is 0 Å². The molecule has 0 bridgehead atoms. The van der Waals surface area contributed by atoms with Crippen molar-refractivity contribution in [1.82, 2.24) is 15.0 Å². The maximum atomic E-state index is 9.33. The molecule has 1 aliphatic rings. The highest BCUT2D eigenvalue weighted by Gasteiger charge is 2.28. The van der Waals surface area contributed by atoms with Crippen LogP contribution in [0.1, 0.15) is 32.0 Å². The smallest absolute Gasteiger partial charge is 0.150 e. The minimum atomic E-state index is -0.171. The topological polar surface area (TPSA) is 71.4 Å². The molecule has 132 valence electrons. The zero-order chi connectivity index (χ0) is 17.6. The average molecular weight is 358 g/mol. The van der Waals surface area contributed by atoms with Gasteiger partial charge in [-0.3, -0.25) is 0 Å². The Labute approximate surface area is 150 Å². The third kappa shape index (κ3) is 2.86.